The lowest BCUT2D eigenvalue weighted by Crippen LogP contribution is -2.34. The van der Waals surface area contributed by atoms with Gasteiger partial charge in [0.2, 0.25) is 0 Å². The zero-order chi connectivity index (χ0) is 15.6. The van der Waals surface area contributed by atoms with Crippen LogP contribution < -0.4 is 10.1 Å². The third-order valence-electron chi connectivity index (χ3n) is 3.74. The summed E-state index contributed by atoms with van der Waals surface area (Å²) < 4.78 is 45.3. The van der Waals surface area contributed by atoms with Crippen molar-refractivity contribution in [2.75, 3.05) is 12.4 Å². The molecule has 1 aliphatic rings. The second-order valence-electron chi connectivity index (χ2n) is 5.21. The number of benzene rings is 1. The topological polar surface area (TPSA) is 21.3 Å². The Morgan fingerprint density at radius 2 is 1.90 bits per heavy atom. The molecule has 2 nitrogen and oxygen atoms in total. The van der Waals surface area contributed by atoms with Gasteiger partial charge in [0.15, 0.2) is 0 Å². The van der Waals surface area contributed by atoms with Crippen LogP contribution in [-0.2, 0) is 0 Å². The number of rotatable bonds is 3. The summed E-state index contributed by atoms with van der Waals surface area (Å²) in [5.74, 6) is -0.566. The van der Waals surface area contributed by atoms with Gasteiger partial charge in [-0.3, -0.25) is 0 Å². The lowest BCUT2D eigenvalue weighted by atomic mass is 9.85. The Kier molecular flexibility index (Phi) is 5.46. The molecule has 0 aromatic heterocycles. The normalized spacial score (nSPS) is 23.0. The molecule has 0 heterocycles. The lowest BCUT2D eigenvalue weighted by Gasteiger charge is -2.32. The minimum atomic E-state index is -4.10. The Labute approximate surface area is 138 Å². The second-order valence-corrected chi connectivity index (χ2v) is 6.92. The molecule has 118 valence electrons. The minimum Gasteiger partial charge on any atom is -0.495 e. The number of hydrogen-bond donors (Lipinski definition) is 1. The fraction of sp³-hybridized carbons (Fsp3) is 0.571. The van der Waals surface area contributed by atoms with Crippen LogP contribution in [0.4, 0.5) is 18.9 Å². The van der Waals surface area contributed by atoms with Crippen LogP contribution >= 0.6 is 31.9 Å². The van der Waals surface area contributed by atoms with Gasteiger partial charge in [0.25, 0.3) is 0 Å². The van der Waals surface area contributed by atoms with Crippen molar-refractivity contribution in [3.05, 3.63) is 21.1 Å². The zero-order valence-electron chi connectivity index (χ0n) is 11.4. The quantitative estimate of drug-likeness (QED) is 0.658. The van der Waals surface area contributed by atoms with Gasteiger partial charge in [-0.25, -0.2) is 0 Å². The van der Waals surface area contributed by atoms with Gasteiger partial charge in [0, 0.05) is 16.6 Å². The predicted octanol–water partition coefficient (Wildman–Crippen LogP) is 5.75. The first kappa shape index (κ1) is 16.9. The molecule has 2 unspecified atom stereocenters. The third kappa shape index (κ3) is 4.28. The summed E-state index contributed by atoms with van der Waals surface area (Å²) in [6.07, 6.45) is -2.42. The Balaban J connectivity index is 2.11. The molecule has 2 atom stereocenters. The predicted molar refractivity (Wildman–Crippen MR) is 83.8 cm³/mol. The Morgan fingerprint density at radius 3 is 2.52 bits per heavy atom. The summed E-state index contributed by atoms with van der Waals surface area (Å²) in [4.78, 5) is 0. The molecule has 1 aliphatic carbocycles. The van der Waals surface area contributed by atoms with E-state index in [4.69, 9.17) is 4.74 Å². The molecule has 0 aliphatic heterocycles. The first-order chi connectivity index (χ1) is 9.81. The van der Waals surface area contributed by atoms with E-state index in [1.807, 2.05) is 6.07 Å². The van der Waals surface area contributed by atoms with Crippen molar-refractivity contribution in [1.29, 1.82) is 0 Å². The van der Waals surface area contributed by atoms with Crippen LogP contribution in [0.1, 0.15) is 25.7 Å². The number of ether oxygens (including phenoxy) is 1. The minimum absolute atomic E-state index is 0.119. The average Bonchev–Trinajstić information content (AvgIpc) is 2.41. The Hall–Kier alpha value is -0.430. The molecule has 1 N–H and O–H groups in total. The van der Waals surface area contributed by atoms with Crippen molar-refractivity contribution >= 4 is 37.5 Å². The highest BCUT2D eigenvalue weighted by molar-refractivity contribution is 9.11. The number of anilines is 1. The third-order valence-corrected chi connectivity index (χ3v) is 5.01. The maximum Gasteiger partial charge on any atom is 0.391 e. The van der Waals surface area contributed by atoms with E-state index < -0.39 is 12.1 Å². The average molecular weight is 431 g/mol. The van der Waals surface area contributed by atoms with E-state index in [2.05, 4.69) is 37.2 Å². The van der Waals surface area contributed by atoms with E-state index >= 15 is 0 Å². The van der Waals surface area contributed by atoms with Gasteiger partial charge in [-0.1, -0.05) is 6.42 Å². The van der Waals surface area contributed by atoms with E-state index in [-0.39, 0.29) is 18.9 Å². The summed E-state index contributed by atoms with van der Waals surface area (Å²) in [6.45, 7) is 0. The summed E-state index contributed by atoms with van der Waals surface area (Å²) in [5.41, 5.74) is 0.753. The smallest absolute Gasteiger partial charge is 0.391 e. The van der Waals surface area contributed by atoms with Crippen molar-refractivity contribution in [1.82, 2.24) is 0 Å². The molecule has 0 radical (unpaired) electrons. The van der Waals surface area contributed by atoms with Crippen molar-refractivity contribution in [2.45, 2.75) is 37.9 Å². The number of alkyl halides is 3. The van der Waals surface area contributed by atoms with Gasteiger partial charge in [0.05, 0.1) is 23.2 Å². The number of halogens is 5. The number of nitrogens with one attached hydrogen (secondary N) is 1. The summed E-state index contributed by atoms with van der Waals surface area (Å²) >= 11 is 6.79. The van der Waals surface area contributed by atoms with Gasteiger partial charge >= 0.3 is 6.18 Å². The summed E-state index contributed by atoms with van der Waals surface area (Å²) in [5, 5.41) is 3.21. The van der Waals surface area contributed by atoms with E-state index in [1.165, 1.54) is 0 Å². The van der Waals surface area contributed by atoms with Crippen LogP contribution in [-0.4, -0.2) is 19.3 Å². The standard InChI is InChI=1S/C14H16Br2F3NO/c1-21-13-7-12(10(15)6-11(13)16)20-9-4-2-3-8(5-9)14(17,18)19/h6-9,20H,2-5H2,1H3. The highest BCUT2D eigenvalue weighted by Gasteiger charge is 2.42. The molecule has 0 bridgehead atoms. The van der Waals surface area contributed by atoms with Crippen LogP contribution in [0.5, 0.6) is 5.75 Å². The summed E-state index contributed by atoms with van der Waals surface area (Å²) in [7, 11) is 1.55. The van der Waals surface area contributed by atoms with Gasteiger partial charge in [-0.2, -0.15) is 13.2 Å². The van der Waals surface area contributed by atoms with E-state index in [0.717, 1.165) is 21.1 Å². The highest BCUT2D eigenvalue weighted by atomic mass is 79.9. The molecule has 0 amide bonds. The van der Waals surface area contributed by atoms with Crippen molar-refractivity contribution in [3.63, 3.8) is 0 Å². The Bertz CT molecular complexity index is 508. The molecular formula is C14H16Br2F3NO. The fourth-order valence-corrected chi connectivity index (χ4v) is 3.90. The van der Waals surface area contributed by atoms with Crippen LogP contribution in [0.25, 0.3) is 0 Å². The molecule has 1 aromatic carbocycles. The van der Waals surface area contributed by atoms with Crippen molar-refractivity contribution < 1.29 is 17.9 Å². The van der Waals surface area contributed by atoms with Crippen LogP contribution in [0.15, 0.2) is 21.1 Å². The van der Waals surface area contributed by atoms with E-state index in [9.17, 15) is 13.2 Å². The largest absolute Gasteiger partial charge is 0.495 e. The van der Waals surface area contributed by atoms with Crippen molar-refractivity contribution in [3.8, 4) is 5.75 Å². The van der Waals surface area contributed by atoms with Crippen LogP contribution in [0, 0.1) is 5.92 Å². The first-order valence-electron chi connectivity index (χ1n) is 6.67. The molecule has 0 saturated heterocycles. The first-order valence-corrected chi connectivity index (χ1v) is 8.26. The monoisotopic (exact) mass is 429 g/mol. The molecule has 2 rings (SSSR count). The molecule has 1 aromatic rings. The molecule has 21 heavy (non-hydrogen) atoms. The van der Waals surface area contributed by atoms with Crippen LogP contribution in [0.3, 0.4) is 0 Å². The lowest BCUT2D eigenvalue weighted by molar-refractivity contribution is -0.182. The number of methoxy groups -OCH3 is 1. The molecular weight excluding hydrogens is 415 g/mol. The van der Waals surface area contributed by atoms with Gasteiger partial charge < -0.3 is 10.1 Å². The highest BCUT2D eigenvalue weighted by Crippen LogP contribution is 2.40. The van der Waals surface area contributed by atoms with E-state index in [1.54, 1.807) is 13.2 Å². The molecule has 1 saturated carbocycles. The molecule has 0 spiro atoms. The number of hydrogen-bond acceptors (Lipinski definition) is 2. The van der Waals surface area contributed by atoms with Crippen molar-refractivity contribution in [2.24, 2.45) is 5.92 Å². The van der Waals surface area contributed by atoms with Gasteiger partial charge in [-0.15, -0.1) is 0 Å². The molecule has 1 fully saturated rings. The zero-order valence-corrected chi connectivity index (χ0v) is 14.6. The van der Waals surface area contributed by atoms with E-state index in [0.29, 0.717) is 12.2 Å². The SMILES string of the molecule is COc1cc(NC2CCCC(C(F)(F)F)C2)c(Br)cc1Br. The summed E-state index contributed by atoms with van der Waals surface area (Å²) in [6, 6.07) is 3.43. The fourth-order valence-electron chi connectivity index (χ4n) is 2.63. The Morgan fingerprint density at radius 1 is 1.19 bits per heavy atom. The molecule has 7 heteroatoms. The van der Waals surface area contributed by atoms with Gasteiger partial charge in [0.1, 0.15) is 5.75 Å². The van der Waals surface area contributed by atoms with Gasteiger partial charge in [-0.05, 0) is 57.2 Å². The maximum atomic E-state index is 12.8. The van der Waals surface area contributed by atoms with Crippen LogP contribution in [0.2, 0.25) is 0 Å². The second kappa shape index (κ2) is 6.77. The maximum absolute atomic E-state index is 12.8.